The molecule has 0 saturated carbocycles. The van der Waals surface area contributed by atoms with Crippen LogP contribution in [-0.4, -0.2) is 17.7 Å². The third kappa shape index (κ3) is 3.07. The summed E-state index contributed by atoms with van der Waals surface area (Å²) in [5, 5.41) is 10.1. The molecular formula is C14H10F2O3. The van der Waals surface area contributed by atoms with Gasteiger partial charge in [-0.3, -0.25) is 0 Å². The highest BCUT2D eigenvalue weighted by molar-refractivity contribution is 5.96. The predicted octanol–water partition coefficient (Wildman–Crippen LogP) is 3.54. The normalized spacial score (nSPS) is 11.3. The zero-order chi connectivity index (χ0) is 13.8. The van der Waals surface area contributed by atoms with Crippen molar-refractivity contribution in [2.24, 2.45) is 0 Å². The van der Waals surface area contributed by atoms with Crippen LogP contribution >= 0.6 is 0 Å². The van der Waals surface area contributed by atoms with Crippen molar-refractivity contribution in [2.45, 2.75) is 6.61 Å². The lowest BCUT2D eigenvalue weighted by Crippen LogP contribution is -2.03. The number of carboxylic acid groups (broad SMARTS) is 1. The summed E-state index contributed by atoms with van der Waals surface area (Å²) in [6.07, 6.45) is 2.14. The molecule has 0 amide bonds. The van der Waals surface area contributed by atoms with Gasteiger partial charge in [-0.15, -0.1) is 0 Å². The second kappa shape index (κ2) is 5.48. The van der Waals surface area contributed by atoms with Crippen molar-refractivity contribution < 1.29 is 23.4 Å². The Morgan fingerprint density at radius 3 is 2.63 bits per heavy atom. The number of benzene rings is 2. The molecule has 0 atom stereocenters. The van der Waals surface area contributed by atoms with Gasteiger partial charge in [0.25, 0.3) is 0 Å². The van der Waals surface area contributed by atoms with Gasteiger partial charge < -0.3 is 9.84 Å². The van der Waals surface area contributed by atoms with Crippen LogP contribution in [0.15, 0.2) is 42.5 Å². The molecule has 0 spiro atoms. The second-order valence-corrected chi connectivity index (χ2v) is 3.75. The van der Waals surface area contributed by atoms with E-state index in [9.17, 15) is 13.6 Å². The van der Waals surface area contributed by atoms with Crippen molar-refractivity contribution in [2.75, 3.05) is 0 Å². The number of halogens is 2. The molecule has 5 heteroatoms. The Morgan fingerprint density at radius 1 is 1.21 bits per heavy atom. The summed E-state index contributed by atoms with van der Waals surface area (Å²) >= 11 is 0. The van der Waals surface area contributed by atoms with Crippen LogP contribution in [-0.2, 0) is 4.79 Å². The van der Waals surface area contributed by atoms with Gasteiger partial charge in [0.15, 0.2) is 0 Å². The van der Waals surface area contributed by atoms with Crippen molar-refractivity contribution >= 4 is 22.8 Å². The number of carboxylic acids is 1. The number of fused-ring (bicyclic) bond motifs is 1. The number of hydrogen-bond donors (Lipinski definition) is 1. The van der Waals surface area contributed by atoms with Crippen LogP contribution in [0.25, 0.3) is 16.8 Å². The Labute approximate surface area is 107 Å². The molecule has 0 fully saturated rings. The maximum atomic E-state index is 12.3. The van der Waals surface area contributed by atoms with Gasteiger partial charge in [-0.05, 0) is 22.9 Å². The van der Waals surface area contributed by atoms with Gasteiger partial charge in [0, 0.05) is 11.6 Å². The maximum Gasteiger partial charge on any atom is 0.387 e. The summed E-state index contributed by atoms with van der Waals surface area (Å²) in [5.41, 5.74) is 0.320. The Bertz CT molecular complexity index is 636. The van der Waals surface area contributed by atoms with Gasteiger partial charge in [-0.1, -0.05) is 30.3 Å². The first-order valence-electron chi connectivity index (χ1n) is 5.45. The molecule has 0 aliphatic heterocycles. The topological polar surface area (TPSA) is 46.5 Å². The van der Waals surface area contributed by atoms with E-state index in [2.05, 4.69) is 4.74 Å². The molecule has 0 aliphatic carbocycles. The van der Waals surface area contributed by atoms with E-state index in [0.717, 1.165) is 11.5 Å². The zero-order valence-electron chi connectivity index (χ0n) is 9.72. The molecule has 1 N–H and O–H groups in total. The van der Waals surface area contributed by atoms with Crippen LogP contribution in [0.3, 0.4) is 0 Å². The van der Waals surface area contributed by atoms with Crippen LogP contribution in [0.1, 0.15) is 5.56 Å². The minimum atomic E-state index is -2.96. The average Bonchev–Trinajstić information content (AvgIpc) is 2.36. The van der Waals surface area contributed by atoms with E-state index in [0.29, 0.717) is 10.9 Å². The number of hydrogen-bond acceptors (Lipinski definition) is 2. The first-order chi connectivity index (χ1) is 9.08. The standard InChI is InChI=1S/C14H10F2O3/c15-14(16)19-12-7-5-9-3-1-2-4-10(9)11(12)6-8-13(17)18/h1-8,14H,(H,17,18)/b8-6+. The molecule has 98 valence electrons. The number of alkyl halides is 2. The van der Waals surface area contributed by atoms with Crippen LogP contribution in [0.5, 0.6) is 5.75 Å². The largest absolute Gasteiger partial charge is 0.478 e. The Kier molecular flexibility index (Phi) is 3.75. The molecular weight excluding hydrogens is 254 g/mol. The number of ether oxygens (including phenoxy) is 1. The molecule has 2 aromatic carbocycles. The summed E-state index contributed by atoms with van der Waals surface area (Å²) in [4.78, 5) is 10.6. The molecule has 2 aromatic rings. The van der Waals surface area contributed by atoms with Crippen molar-refractivity contribution in [3.05, 3.63) is 48.0 Å². The summed E-state index contributed by atoms with van der Waals surface area (Å²) in [5.74, 6) is -1.21. The van der Waals surface area contributed by atoms with E-state index in [1.54, 1.807) is 30.3 Å². The molecule has 0 bridgehead atoms. The van der Waals surface area contributed by atoms with Gasteiger partial charge in [-0.2, -0.15) is 8.78 Å². The highest BCUT2D eigenvalue weighted by Gasteiger charge is 2.11. The third-order valence-corrected chi connectivity index (χ3v) is 2.54. The Morgan fingerprint density at radius 2 is 1.95 bits per heavy atom. The van der Waals surface area contributed by atoms with Gasteiger partial charge in [-0.25, -0.2) is 4.79 Å². The van der Waals surface area contributed by atoms with E-state index in [4.69, 9.17) is 5.11 Å². The Balaban J connectivity index is 2.60. The van der Waals surface area contributed by atoms with Crippen LogP contribution in [0, 0.1) is 0 Å². The minimum Gasteiger partial charge on any atom is -0.478 e. The zero-order valence-corrected chi connectivity index (χ0v) is 9.72. The first kappa shape index (κ1) is 13.0. The van der Waals surface area contributed by atoms with E-state index in [1.807, 2.05) is 0 Å². The highest BCUT2D eigenvalue weighted by Crippen LogP contribution is 2.30. The van der Waals surface area contributed by atoms with E-state index in [1.165, 1.54) is 12.1 Å². The van der Waals surface area contributed by atoms with Gasteiger partial charge in [0.2, 0.25) is 0 Å². The predicted molar refractivity (Wildman–Crippen MR) is 67.2 cm³/mol. The fourth-order valence-electron chi connectivity index (χ4n) is 1.80. The molecule has 19 heavy (non-hydrogen) atoms. The van der Waals surface area contributed by atoms with Crippen LogP contribution in [0.2, 0.25) is 0 Å². The third-order valence-electron chi connectivity index (χ3n) is 2.54. The molecule has 0 aromatic heterocycles. The minimum absolute atomic E-state index is 0.0498. The maximum absolute atomic E-state index is 12.3. The number of rotatable bonds is 4. The lowest BCUT2D eigenvalue weighted by molar-refractivity contribution is -0.131. The first-order valence-corrected chi connectivity index (χ1v) is 5.45. The average molecular weight is 264 g/mol. The molecule has 0 radical (unpaired) electrons. The summed E-state index contributed by atoms with van der Waals surface area (Å²) in [6, 6.07) is 10.1. The van der Waals surface area contributed by atoms with Crippen LogP contribution < -0.4 is 4.74 Å². The fraction of sp³-hybridized carbons (Fsp3) is 0.0714. The van der Waals surface area contributed by atoms with Crippen molar-refractivity contribution in [1.82, 2.24) is 0 Å². The number of carbonyl (C=O) groups is 1. The monoisotopic (exact) mass is 264 g/mol. The summed E-state index contributed by atoms with van der Waals surface area (Å²) < 4.78 is 29.1. The van der Waals surface area contributed by atoms with E-state index >= 15 is 0 Å². The number of aliphatic carboxylic acids is 1. The lowest BCUT2D eigenvalue weighted by Gasteiger charge is -2.10. The summed E-state index contributed by atoms with van der Waals surface area (Å²) in [6.45, 7) is -2.96. The van der Waals surface area contributed by atoms with Crippen molar-refractivity contribution in [1.29, 1.82) is 0 Å². The van der Waals surface area contributed by atoms with Crippen molar-refractivity contribution in [3.8, 4) is 5.75 Å². The van der Waals surface area contributed by atoms with Crippen LogP contribution in [0.4, 0.5) is 8.78 Å². The fourth-order valence-corrected chi connectivity index (χ4v) is 1.80. The quantitative estimate of drug-likeness (QED) is 0.859. The van der Waals surface area contributed by atoms with Gasteiger partial charge >= 0.3 is 12.6 Å². The van der Waals surface area contributed by atoms with E-state index in [-0.39, 0.29) is 5.75 Å². The molecule has 0 unspecified atom stereocenters. The molecule has 2 rings (SSSR count). The molecule has 0 aliphatic rings. The second-order valence-electron chi connectivity index (χ2n) is 3.75. The smallest absolute Gasteiger partial charge is 0.387 e. The molecule has 0 heterocycles. The molecule has 3 nitrogen and oxygen atoms in total. The van der Waals surface area contributed by atoms with E-state index < -0.39 is 12.6 Å². The summed E-state index contributed by atoms with van der Waals surface area (Å²) in [7, 11) is 0. The highest BCUT2D eigenvalue weighted by atomic mass is 19.3. The Hall–Kier alpha value is -2.43. The van der Waals surface area contributed by atoms with Gasteiger partial charge in [0.05, 0.1) is 0 Å². The lowest BCUT2D eigenvalue weighted by atomic mass is 10.0. The van der Waals surface area contributed by atoms with Gasteiger partial charge in [0.1, 0.15) is 5.75 Å². The SMILES string of the molecule is O=C(O)/C=C/c1c(OC(F)F)ccc2ccccc12. The molecule has 0 saturated heterocycles. The van der Waals surface area contributed by atoms with Crippen molar-refractivity contribution in [3.63, 3.8) is 0 Å².